The van der Waals surface area contributed by atoms with Crippen LogP contribution in [0.4, 0.5) is 0 Å². The van der Waals surface area contributed by atoms with E-state index in [0.29, 0.717) is 23.7 Å². The second kappa shape index (κ2) is 6.52. The Kier molecular flexibility index (Phi) is 4.28. The molecule has 118 valence electrons. The van der Waals surface area contributed by atoms with E-state index in [1.165, 1.54) is 0 Å². The molecule has 0 saturated heterocycles. The molecule has 0 atom stereocenters. The van der Waals surface area contributed by atoms with E-state index in [1.807, 2.05) is 44.2 Å². The molecule has 1 N–H and O–H groups in total. The maximum absolute atomic E-state index is 12.4. The summed E-state index contributed by atoms with van der Waals surface area (Å²) in [5.41, 5.74) is 3.13. The lowest BCUT2D eigenvalue weighted by atomic mass is 10.2. The minimum atomic E-state index is -0.141. The SMILES string of the molecule is CCCNC(=O)c1cc(-c2ccco2)nn1-c1ccc(C)cc1. The maximum Gasteiger partial charge on any atom is 0.270 e. The molecule has 0 saturated carbocycles. The average molecular weight is 309 g/mol. The fraction of sp³-hybridized carbons (Fsp3) is 0.222. The Morgan fingerprint density at radius 3 is 2.70 bits per heavy atom. The number of benzene rings is 1. The topological polar surface area (TPSA) is 60.1 Å². The largest absolute Gasteiger partial charge is 0.463 e. The fourth-order valence-corrected chi connectivity index (χ4v) is 2.30. The van der Waals surface area contributed by atoms with Crippen molar-refractivity contribution in [3.8, 4) is 17.1 Å². The highest BCUT2D eigenvalue weighted by molar-refractivity contribution is 5.94. The highest BCUT2D eigenvalue weighted by atomic mass is 16.3. The van der Waals surface area contributed by atoms with Crippen molar-refractivity contribution >= 4 is 5.91 Å². The quantitative estimate of drug-likeness (QED) is 0.783. The Bertz CT molecular complexity index is 786. The lowest BCUT2D eigenvalue weighted by Gasteiger charge is -2.08. The fourth-order valence-electron chi connectivity index (χ4n) is 2.30. The molecule has 2 aromatic heterocycles. The number of nitrogens with one attached hydrogen (secondary N) is 1. The van der Waals surface area contributed by atoms with E-state index < -0.39 is 0 Å². The van der Waals surface area contributed by atoms with Gasteiger partial charge < -0.3 is 9.73 Å². The smallest absolute Gasteiger partial charge is 0.270 e. The first-order valence-corrected chi connectivity index (χ1v) is 7.68. The summed E-state index contributed by atoms with van der Waals surface area (Å²) < 4.78 is 7.05. The van der Waals surface area contributed by atoms with Crippen LogP contribution in [0.1, 0.15) is 29.4 Å². The summed E-state index contributed by atoms with van der Waals surface area (Å²) in [5, 5.41) is 7.44. The third-order valence-corrected chi connectivity index (χ3v) is 3.53. The summed E-state index contributed by atoms with van der Waals surface area (Å²) in [5.74, 6) is 0.498. The summed E-state index contributed by atoms with van der Waals surface area (Å²) in [7, 11) is 0. The number of carbonyl (C=O) groups is 1. The summed E-state index contributed by atoms with van der Waals surface area (Å²) >= 11 is 0. The summed E-state index contributed by atoms with van der Waals surface area (Å²) in [4.78, 5) is 12.4. The lowest BCUT2D eigenvalue weighted by molar-refractivity contribution is 0.0946. The first kappa shape index (κ1) is 15.1. The number of hydrogen-bond acceptors (Lipinski definition) is 3. The third kappa shape index (κ3) is 3.18. The Morgan fingerprint density at radius 2 is 2.04 bits per heavy atom. The third-order valence-electron chi connectivity index (χ3n) is 3.53. The molecule has 5 nitrogen and oxygen atoms in total. The van der Waals surface area contributed by atoms with Crippen molar-refractivity contribution in [1.29, 1.82) is 0 Å². The molecule has 3 aromatic rings. The van der Waals surface area contributed by atoms with Gasteiger partial charge >= 0.3 is 0 Å². The lowest BCUT2D eigenvalue weighted by Crippen LogP contribution is -2.26. The molecule has 0 aliphatic rings. The zero-order chi connectivity index (χ0) is 16.2. The molecule has 0 aliphatic heterocycles. The van der Waals surface area contributed by atoms with Gasteiger partial charge in [-0.3, -0.25) is 4.79 Å². The predicted octanol–water partition coefficient (Wildman–Crippen LogP) is 3.58. The Labute approximate surface area is 134 Å². The highest BCUT2D eigenvalue weighted by Gasteiger charge is 2.18. The Balaban J connectivity index is 2.04. The number of nitrogens with zero attached hydrogens (tertiary/aromatic N) is 2. The van der Waals surface area contributed by atoms with Crippen LogP contribution in [-0.4, -0.2) is 22.2 Å². The molecule has 23 heavy (non-hydrogen) atoms. The van der Waals surface area contributed by atoms with Crippen molar-refractivity contribution in [2.75, 3.05) is 6.54 Å². The zero-order valence-electron chi connectivity index (χ0n) is 13.2. The average Bonchev–Trinajstić information content (AvgIpc) is 3.22. The Hall–Kier alpha value is -2.82. The number of aromatic nitrogens is 2. The van der Waals surface area contributed by atoms with Crippen LogP contribution in [0.5, 0.6) is 0 Å². The number of carbonyl (C=O) groups excluding carboxylic acids is 1. The van der Waals surface area contributed by atoms with Crippen molar-refractivity contribution in [3.63, 3.8) is 0 Å². The van der Waals surface area contributed by atoms with E-state index in [4.69, 9.17) is 4.42 Å². The van der Waals surface area contributed by atoms with Crippen LogP contribution in [0.3, 0.4) is 0 Å². The summed E-state index contributed by atoms with van der Waals surface area (Å²) in [6.45, 7) is 4.68. The minimum Gasteiger partial charge on any atom is -0.463 e. The Morgan fingerprint density at radius 1 is 1.26 bits per heavy atom. The monoisotopic (exact) mass is 309 g/mol. The van der Waals surface area contributed by atoms with Gasteiger partial charge in [-0.05, 0) is 37.6 Å². The second-order valence-electron chi connectivity index (χ2n) is 5.40. The normalized spacial score (nSPS) is 10.7. The van der Waals surface area contributed by atoms with Gasteiger partial charge in [0, 0.05) is 12.6 Å². The number of hydrogen-bond donors (Lipinski definition) is 1. The van der Waals surface area contributed by atoms with Crippen LogP contribution in [0.15, 0.2) is 53.1 Å². The van der Waals surface area contributed by atoms with Gasteiger partial charge in [-0.2, -0.15) is 5.10 Å². The van der Waals surface area contributed by atoms with E-state index >= 15 is 0 Å². The van der Waals surface area contributed by atoms with E-state index in [0.717, 1.165) is 17.7 Å². The molecule has 1 aromatic carbocycles. The van der Waals surface area contributed by atoms with Crippen molar-refractivity contribution in [1.82, 2.24) is 15.1 Å². The van der Waals surface area contributed by atoms with Gasteiger partial charge in [0.05, 0.1) is 12.0 Å². The van der Waals surface area contributed by atoms with E-state index in [-0.39, 0.29) is 5.91 Å². The molecule has 0 bridgehead atoms. The van der Waals surface area contributed by atoms with Gasteiger partial charge in [-0.1, -0.05) is 24.6 Å². The maximum atomic E-state index is 12.4. The molecule has 5 heteroatoms. The van der Waals surface area contributed by atoms with Crippen molar-refractivity contribution in [2.24, 2.45) is 0 Å². The molecular weight excluding hydrogens is 290 g/mol. The van der Waals surface area contributed by atoms with Crippen molar-refractivity contribution in [3.05, 3.63) is 60.0 Å². The second-order valence-corrected chi connectivity index (χ2v) is 5.40. The number of aryl methyl sites for hydroxylation is 1. The summed E-state index contributed by atoms with van der Waals surface area (Å²) in [6, 6.07) is 13.3. The van der Waals surface area contributed by atoms with Crippen LogP contribution in [-0.2, 0) is 0 Å². The van der Waals surface area contributed by atoms with Gasteiger partial charge in [0.2, 0.25) is 0 Å². The van der Waals surface area contributed by atoms with E-state index in [9.17, 15) is 4.79 Å². The standard InChI is InChI=1S/C18H19N3O2/c1-3-10-19-18(22)16-12-15(17-5-4-11-23-17)20-21(16)14-8-6-13(2)7-9-14/h4-9,11-12H,3,10H2,1-2H3,(H,19,22). The molecular formula is C18H19N3O2. The van der Waals surface area contributed by atoms with Gasteiger partial charge in [-0.15, -0.1) is 0 Å². The van der Waals surface area contributed by atoms with Crippen LogP contribution < -0.4 is 5.32 Å². The van der Waals surface area contributed by atoms with Crippen LogP contribution >= 0.6 is 0 Å². The molecule has 0 radical (unpaired) electrons. The molecule has 0 fully saturated rings. The molecule has 3 rings (SSSR count). The van der Waals surface area contributed by atoms with E-state index in [2.05, 4.69) is 10.4 Å². The summed E-state index contributed by atoms with van der Waals surface area (Å²) in [6.07, 6.45) is 2.48. The molecule has 1 amide bonds. The van der Waals surface area contributed by atoms with Crippen molar-refractivity contribution in [2.45, 2.75) is 20.3 Å². The molecule has 0 aliphatic carbocycles. The zero-order valence-corrected chi connectivity index (χ0v) is 13.2. The minimum absolute atomic E-state index is 0.141. The van der Waals surface area contributed by atoms with Gasteiger partial charge in [0.25, 0.3) is 5.91 Å². The van der Waals surface area contributed by atoms with Crippen LogP contribution in [0, 0.1) is 6.92 Å². The predicted molar refractivity (Wildman–Crippen MR) is 88.6 cm³/mol. The first-order chi connectivity index (χ1) is 11.2. The highest BCUT2D eigenvalue weighted by Crippen LogP contribution is 2.22. The van der Waals surface area contributed by atoms with E-state index in [1.54, 1.807) is 23.1 Å². The van der Waals surface area contributed by atoms with Crippen molar-refractivity contribution < 1.29 is 9.21 Å². The molecule has 2 heterocycles. The number of amides is 1. The molecule has 0 unspecified atom stereocenters. The van der Waals surface area contributed by atoms with Gasteiger partial charge in [0.15, 0.2) is 5.76 Å². The van der Waals surface area contributed by atoms with Gasteiger partial charge in [0.1, 0.15) is 11.4 Å². The molecule has 0 spiro atoms. The number of furan rings is 1. The number of rotatable bonds is 5. The van der Waals surface area contributed by atoms with Crippen LogP contribution in [0.25, 0.3) is 17.1 Å². The first-order valence-electron chi connectivity index (χ1n) is 7.68. The van der Waals surface area contributed by atoms with Crippen LogP contribution in [0.2, 0.25) is 0 Å². The van der Waals surface area contributed by atoms with Gasteiger partial charge in [-0.25, -0.2) is 4.68 Å².